The molecule has 18 heavy (non-hydrogen) atoms. The highest BCUT2D eigenvalue weighted by Gasteiger charge is 2.19. The van der Waals surface area contributed by atoms with Crippen molar-refractivity contribution in [2.75, 3.05) is 36.1 Å². The summed E-state index contributed by atoms with van der Waals surface area (Å²) in [5.74, 6) is 2.51. The van der Waals surface area contributed by atoms with Gasteiger partial charge in [-0.25, -0.2) is 0 Å². The first-order valence-corrected chi connectivity index (χ1v) is 8.11. The van der Waals surface area contributed by atoms with Crippen LogP contribution in [0.15, 0.2) is 24.3 Å². The number of ether oxygens (including phenoxy) is 1. The highest BCUT2D eigenvalue weighted by atomic mass is 32.2. The summed E-state index contributed by atoms with van der Waals surface area (Å²) in [6, 6.07) is 8.23. The Morgan fingerprint density at radius 3 is 2.50 bits per heavy atom. The van der Waals surface area contributed by atoms with Crippen LogP contribution in [-0.4, -0.2) is 35.8 Å². The van der Waals surface area contributed by atoms with Gasteiger partial charge in [0.1, 0.15) is 17.3 Å². The Kier molecular flexibility index (Phi) is 5.20. The zero-order chi connectivity index (χ0) is 12.8. The van der Waals surface area contributed by atoms with Crippen molar-refractivity contribution in [1.29, 1.82) is 0 Å². The van der Waals surface area contributed by atoms with Crippen molar-refractivity contribution in [3.63, 3.8) is 0 Å². The van der Waals surface area contributed by atoms with E-state index in [-0.39, 0.29) is 0 Å². The fourth-order valence-corrected chi connectivity index (χ4v) is 3.04. The lowest BCUT2D eigenvalue weighted by Gasteiger charge is -2.29. The maximum Gasteiger partial charge on any atom is 0.123 e. The molecular weight excluding hydrogens is 246 g/mol. The van der Waals surface area contributed by atoms with Gasteiger partial charge in [-0.15, -0.1) is 0 Å². The van der Waals surface area contributed by atoms with Gasteiger partial charge in [0.15, 0.2) is 0 Å². The van der Waals surface area contributed by atoms with E-state index < -0.39 is 11.2 Å². The zero-order valence-corrected chi connectivity index (χ0v) is 11.7. The molecule has 0 N–H and O–H groups in total. The second-order valence-electron chi connectivity index (χ2n) is 4.53. The molecule has 0 bridgehead atoms. The second kappa shape index (κ2) is 6.90. The normalized spacial score (nSPS) is 16.9. The van der Waals surface area contributed by atoms with Crippen molar-refractivity contribution in [3.05, 3.63) is 24.3 Å². The van der Waals surface area contributed by atoms with E-state index in [1.54, 1.807) is 0 Å². The third-order valence-corrected chi connectivity index (χ3v) is 4.42. The minimum absolute atomic E-state index is 0.611. The highest BCUT2D eigenvalue weighted by Crippen LogP contribution is 2.21. The number of benzene rings is 1. The zero-order valence-electron chi connectivity index (χ0n) is 10.9. The number of anilines is 1. The molecular formula is C14H21NO2S. The van der Waals surface area contributed by atoms with Crippen molar-refractivity contribution < 1.29 is 9.29 Å². The van der Waals surface area contributed by atoms with E-state index >= 15 is 0 Å². The van der Waals surface area contributed by atoms with Crippen LogP contribution < -0.4 is 9.64 Å². The van der Waals surface area contributed by atoms with Crippen LogP contribution in [0.1, 0.15) is 19.8 Å². The molecule has 1 aliphatic rings. The van der Waals surface area contributed by atoms with Gasteiger partial charge in [0.2, 0.25) is 0 Å². The van der Waals surface area contributed by atoms with E-state index in [4.69, 9.17) is 4.74 Å². The average molecular weight is 267 g/mol. The Labute approximate surface area is 112 Å². The quantitative estimate of drug-likeness (QED) is 0.607. The number of nitrogens with zero attached hydrogens (tertiary/aromatic N) is 1. The van der Waals surface area contributed by atoms with Crippen molar-refractivity contribution in [2.24, 2.45) is 0 Å². The largest absolute Gasteiger partial charge is 0.616 e. The van der Waals surface area contributed by atoms with E-state index in [1.807, 2.05) is 12.1 Å². The predicted molar refractivity (Wildman–Crippen MR) is 76.9 cm³/mol. The third-order valence-electron chi connectivity index (χ3n) is 3.15. The summed E-state index contributed by atoms with van der Waals surface area (Å²) >= 11 is -0.611. The lowest BCUT2D eigenvalue weighted by atomic mass is 10.2. The molecule has 4 heteroatoms. The Bertz CT molecular complexity index is 347. The van der Waals surface area contributed by atoms with Gasteiger partial charge in [-0.3, -0.25) is 0 Å². The van der Waals surface area contributed by atoms with Crippen LogP contribution in [0.3, 0.4) is 0 Å². The molecule has 1 aromatic rings. The molecule has 1 heterocycles. The summed E-state index contributed by atoms with van der Waals surface area (Å²) in [6.45, 7) is 4.73. The molecule has 0 aliphatic carbocycles. The summed E-state index contributed by atoms with van der Waals surface area (Å²) < 4.78 is 16.9. The highest BCUT2D eigenvalue weighted by molar-refractivity contribution is 7.91. The molecule has 1 aliphatic heterocycles. The molecule has 1 fully saturated rings. The molecule has 0 radical (unpaired) electrons. The Balaban J connectivity index is 1.87. The van der Waals surface area contributed by atoms with E-state index in [9.17, 15) is 4.55 Å². The smallest absolute Gasteiger partial charge is 0.123 e. The SMILES string of the molecule is CCCCOc1ccc(N2CC[S+]([O-])CC2)cc1. The average Bonchev–Trinajstić information content (AvgIpc) is 2.41. The summed E-state index contributed by atoms with van der Waals surface area (Å²) in [5.41, 5.74) is 1.20. The molecule has 0 spiro atoms. The van der Waals surface area contributed by atoms with Gasteiger partial charge in [0, 0.05) is 5.69 Å². The molecule has 0 unspecified atom stereocenters. The molecule has 1 aromatic carbocycles. The predicted octanol–water partition coefficient (Wildman–Crippen LogP) is 2.43. The van der Waals surface area contributed by atoms with Crippen molar-refractivity contribution in [3.8, 4) is 5.75 Å². The van der Waals surface area contributed by atoms with E-state index in [0.29, 0.717) is 0 Å². The van der Waals surface area contributed by atoms with Crippen molar-refractivity contribution in [1.82, 2.24) is 0 Å². The van der Waals surface area contributed by atoms with Crippen molar-refractivity contribution >= 4 is 16.9 Å². The van der Waals surface area contributed by atoms with Crippen LogP contribution in [0, 0.1) is 0 Å². The van der Waals surface area contributed by atoms with Crippen LogP contribution in [0.25, 0.3) is 0 Å². The third kappa shape index (κ3) is 3.82. The lowest BCUT2D eigenvalue weighted by Crippen LogP contribution is -2.40. The van der Waals surface area contributed by atoms with Crippen LogP contribution in [0.5, 0.6) is 5.75 Å². The molecule has 1 saturated heterocycles. The van der Waals surface area contributed by atoms with Crippen molar-refractivity contribution in [2.45, 2.75) is 19.8 Å². The topological polar surface area (TPSA) is 35.5 Å². The fraction of sp³-hybridized carbons (Fsp3) is 0.571. The lowest BCUT2D eigenvalue weighted by molar-refractivity contribution is 0.309. The molecule has 2 rings (SSSR count). The Morgan fingerprint density at radius 1 is 1.22 bits per heavy atom. The standard InChI is InChI=1S/C14H21NO2S/c1-2-3-10-17-14-6-4-13(5-7-14)15-8-11-18(16)12-9-15/h4-7H,2-3,8-12H2,1H3. The summed E-state index contributed by atoms with van der Waals surface area (Å²) in [4.78, 5) is 2.29. The van der Waals surface area contributed by atoms with Crippen LogP contribution in [-0.2, 0) is 11.2 Å². The number of hydrogen-bond acceptors (Lipinski definition) is 3. The van der Waals surface area contributed by atoms with Gasteiger partial charge in [0.05, 0.1) is 19.7 Å². The van der Waals surface area contributed by atoms with Gasteiger partial charge in [-0.2, -0.15) is 0 Å². The molecule has 0 aromatic heterocycles. The summed E-state index contributed by atoms with van der Waals surface area (Å²) in [6.07, 6.45) is 2.25. The van der Waals surface area contributed by atoms with Crippen LogP contribution in [0.2, 0.25) is 0 Å². The maximum absolute atomic E-state index is 11.3. The first-order valence-electron chi connectivity index (χ1n) is 6.62. The fourth-order valence-electron chi connectivity index (χ4n) is 1.98. The molecule has 0 atom stereocenters. The van der Waals surface area contributed by atoms with Gasteiger partial charge in [-0.1, -0.05) is 24.5 Å². The Morgan fingerprint density at radius 2 is 1.89 bits per heavy atom. The van der Waals surface area contributed by atoms with Crippen LogP contribution >= 0.6 is 0 Å². The monoisotopic (exact) mass is 267 g/mol. The summed E-state index contributed by atoms with van der Waals surface area (Å²) in [7, 11) is 0. The number of rotatable bonds is 5. The molecule has 3 nitrogen and oxygen atoms in total. The second-order valence-corrected chi connectivity index (χ2v) is 6.23. The van der Waals surface area contributed by atoms with Gasteiger partial charge in [-0.05, 0) is 30.7 Å². The minimum atomic E-state index is -0.611. The molecule has 0 amide bonds. The van der Waals surface area contributed by atoms with Crippen LogP contribution in [0.4, 0.5) is 5.69 Å². The number of unbranched alkanes of at least 4 members (excludes halogenated alkanes) is 1. The number of hydrogen-bond donors (Lipinski definition) is 0. The summed E-state index contributed by atoms with van der Waals surface area (Å²) in [5, 5.41) is 0. The van der Waals surface area contributed by atoms with E-state index in [2.05, 4.69) is 24.0 Å². The maximum atomic E-state index is 11.3. The first-order chi connectivity index (χ1) is 8.79. The minimum Gasteiger partial charge on any atom is -0.616 e. The molecule has 100 valence electrons. The first kappa shape index (κ1) is 13.6. The Hall–Kier alpha value is -0.870. The van der Waals surface area contributed by atoms with Gasteiger partial charge in [0.25, 0.3) is 0 Å². The van der Waals surface area contributed by atoms with E-state index in [1.165, 1.54) is 5.69 Å². The van der Waals surface area contributed by atoms with Gasteiger partial charge >= 0.3 is 0 Å². The van der Waals surface area contributed by atoms with Gasteiger partial charge < -0.3 is 14.2 Å². The molecule has 0 saturated carbocycles. The van der Waals surface area contributed by atoms with E-state index in [0.717, 1.165) is 49.8 Å².